The molecule has 1 aromatic heterocycles. The van der Waals surface area contributed by atoms with Gasteiger partial charge >= 0.3 is 12.1 Å². The minimum Gasteiger partial charge on any atom is -0.452 e. The Morgan fingerprint density at radius 3 is 2.59 bits per heavy atom. The number of likely N-dealkylation sites (N-methyl/N-ethyl adjacent to an activating group) is 1. The van der Waals surface area contributed by atoms with E-state index in [1.807, 2.05) is 5.32 Å². The van der Waals surface area contributed by atoms with Crippen LogP contribution in [0.4, 0.5) is 4.79 Å². The fraction of sp³-hybridized carbons (Fsp3) is 0.556. The minimum atomic E-state index is -0.861. The Balaban J connectivity index is 1.85. The highest BCUT2D eigenvalue weighted by Gasteiger charge is 2.23. The molecule has 1 N–H and O–H groups in total. The molecule has 1 aliphatic rings. The van der Waals surface area contributed by atoms with Gasteiger partial charge in [0.15, 0.2) is 6.61 Å². The molecule has 0 spiro atoms. The van der Waals surface area contributed by atoms with Crippen LogP contribution in [0.1, 0.15) is 47.5 Å². The van der Waals surface area contributed by atoms with Gasteiger partial charge in [-0.05, 0) is 45.1 Å². The number of aryl methyl sites for hydroxylation is 1. The standard InChI is InChI=1S/C18H24N2O6S/c1-3-20(9-15(21)19-18(24)25-4-2)16(22)10-26-17(23)13-11-27-14-8-6-5-7-12(13)14/h11H,3-10H2,1-2H3,(H,19,21,24). The number of carbonyl (C=O) groups is 4. The summed E-state index contributed by atoms with van der Waals surface area (Å²) in [5, 5.41) is 3.81. The smallest absolute Gasteiger partial charge is 0.413 e. The van der Waals surface area contributed by atoms with Gasteiger partial charge in [-0.3, -0.25) is 14.9 Å². The van der Waals surface area contributed by atoms with Gasteiger partial charge in [-0.1, -0.05) is 0 Å². The first-order valence-corrected chi connectivity index (χ1v) is 9.84. The summed E-state index contributed by atoms with van der Waals surface area (Å²) in [4.78, 5) is 50.0. The van der Waals surface area contributed by atoms with E-state index in [0.717, 1.165) is 31.2 Å². The predicted octanol–water partition coefficient (Wildman–Crippen LogP) is 1.90. The van der Waals surface area contributed by atoms with Crippen molar-refractivity contribution in [3.05, 3.63) is 21.4 Å². The van der Waals surface area contributed by atoms with E-state index in [9.17, 15) is 19.2 Å². The molecule has 1 aromatic rings. The maximum absolute atomic E-state index is 12.3. The highest BCUT2D eigenvalue weighted by Crippen LogP contribution is 2.30. The number of imide groups is 1. The normalized spacial score (nSPS) is 12.7. The monoisotopic (exact) mass is 396 g/mol. The number of nitrogens with one attached hydrogen (secondary N) is 1. The van der Waals surface area contributed by atoms with Gasteiger partial charge in [0.2, 0.25) is 5.91 Å². The first-order chi connectivity index (χ1) is 13.0. The molecule has 0 saturated heterocycles. The maximum atomic E-state index is 12.3. The third-order valence-electron chi connectivity index (χ3n) is 4.19. The molecule has 1 heterocycles. The second kappa shape index (κ2) is 10.1. The number of hydrogen-bond acceptors (Lipinski definition) is 7. The van der Waals surface area contributed by atoms with E-state index in [4.69, 9.17) is 4.74 Å². The number of amides is 3. The van der Waals surface area contributed by atoms with Gasteiger partial charge in [-0.15, -0.1) is 11.3 Å². The number of ether oxygens (including phenoxy) is 2. The van der Waals surface area contributed by atoms with Crippen LogP contribution in [-0.4, -0.2) is 55.1 Å². The summed E-state index contributed by atoms with van der Waals surface area (Å²) >= 11 is 1.55. The second-order valence-electron chi connectivity index (χ2n) is 6.01. The van der Waals surface area contributed by atoms with E-state index in [1.165, 1.54) is 9.78 Å². The number of hydrogen-bond donors (Lipinski definition) is 1. The topological polar surface area (TPSA) is 102 Å². The fourth-order valence-corrected chi connectivity index (χ4v) is 3.95. The summed E-state index contributed by atoms with van der Waals surface area (Å²) in [6, 6.07) is 0. The van der Waals surface area contributed by atoms with E-state index >= 15 is 0 Å². The van der Waals surface area contributed by atoms with Crippen molar-refractivity contribution in [1.82, 2.24) is 10.2 Å². The van der Waals surface area contributed by atoms with Crippen molar-refractivity contribution in [3.63, 3.8) is 0 Å². The van der Waals surface area contributed by atoms with Crippen molar-refractivity contribution in [2.24, 2.45) is 0 Å². The number of esters is 1. The Labute approximate surface area is 161 Å². The first kappa shape index (κ1) is 20.9. The summed E-state index contributed by atoms with van der Waals surface area (Å²) in [6.07, 6.45) is 3.14. The number of rotatable bonds is 7. The zero-order chi connectivity index (χ0) is 19.8. The Bertz CT molecular complexity index is 715. The van der Waals surface area contributed by atoms with E-state index in [1.54, 1.807) is 30.6 Å². The number of nitrogens with zero attached hydrogens (tertiary/aromatic N) is 1. The molecule has 148 valence electrons. The SMILES string of the molecule is CCOC(=O)NC(=O)CN(CC)C(=O)COC(=O)c1csc2c1CCCC2. The van der Waals surface area contributed by atoms with Crippen molar-refractivity contribution in [2.75, 3.05) is 26.3 Å². The lowest BCUT2D eigenvalue weighted by atomic mass is 9.96. The molecule has 0 aliphatic heterocycles. The largest absolute Gasteiger partial charge is 0.452 e. The van der Waals surface area contributed by atoms with Crippen LogP contribution in [0.25, 0.3) is 0 Å². The van der Waals surface area contributed by atoms with Gasteiger partial charge in [-0.25, -0.2) is 9.59 Å². The highest BCUT2D eigenvalue weighted by molar-refractivity contribution is 7.10. The van der Waals surface area contributed by atoms with Crippen molar-refractivity contribution >= 4 is 35.2 Å². The van der Waals surface area contributed by atoms with Gasteiger partial charge in [0, 0.05) is 16.8 Å². The van der Waals surface area contributed by atoms with Gasteiger partial charge in [0.25, 0.3) is 5.91 Å². The lowest BCUT2D eigenvalue weighted by Gasteiger charge is -2.20. The third-order valence-corrected chi connectivity index (χ3v) is 5.28. The molecule has 27 heavy (non-hydrogen) atoms. The van der Waals surface area contributed by atoms with Gasteiger partial charge in [0.05, 0.1) is 12.2 Å². The van der Waals surface area contributed by atoms with Crippen LogP contribution in [0.3, 0.4) is 0 Å². The average molecular weight is 396 g/mol. The summed E-state index contributed by atoms with van der Waals surface area (Å²) in [6.45, 7) is 2.90. The quantitative estimate of drug-likeness (QED) is 0.707. The summed E-state index contributed by atoms with van der Waals surface area (Å²) in [7, 11) is 0. The fourth-order valence-electron chi connectivity index (χ4n) is 2.83. The zero-order valence-corrected chi connectivity index (χ0v) is 16.4. The van der Waals surface area contributed by atoms with E-state index in [2.05, 4.69) is 4.74 Å². The molecule has 1 aliphatic carbocycles. The summed E-state index contributed by atoms with van der Waals surface area (Å²) in [5.74, 6) is -1.69. The molecular weight excluding hydrogens is 372 g/mol. The van der Waals surface area contributed by atoms with Gasteiger partial charge in [-0.2, -0.15) is 0 Å². The van der Waals surface area contributed by atoms with Crippen molar-refractivity contribution in [2.45, 2.75) is 39.5 Å². The Morgan fingerprint density at radius 2 is 1.89 bits per heavy atom. The summed E-state index contributed by atoms with van der Waals surface area (Å²) < 4.78 is 9.76. The Hall–Kier alpha value is -2.42. The molecule has 0 unspecified atom stereocenters. The minimum absolute atomic E-state index is 0.137. The van der Waals surface area contributed by atoms with Crippen LogP contribution < -0.4 is 5.32 Å². The van der Waals surface area contributed by atoms with Crippen molar-refractivity contribution < 1.29 is 28.7 Å². The molecule has 3 amide bonds. The zero-order valence-electron chi connectivity index (χ0n) is 15.5. The lowest BCUT2D eigenvalue weighted by Crippen LogP contribution is -2.44. The molecular formula is C18H24N2O6S. The molecule has 0 bridgehead atoms. The number of fused-ring (bicyclic) bond motifs is 1. The van der Waals surface area contributed by atoms with Crippen LogP contribution in [-0.2, 0) is 31.9 Å². The van der Waals surface area contributed by atoms with Crippen molar-refractivity contribution in [3.8, 4) is 0 Å². The number of alkyl carbamates (subject to hydrolysis) is 1. The molecule has 0 fully saturated rings. The summed E-state index contributed by atoms with van der Waals surface area (Å²) in [5.41, 5.74) is 1.57. The number of carbonyl (C=O) groups excluding carboxylic acids is 4. The molecule has 0 aromatic carbocycles. The lowest BCUT2D eigenvalue weighted by molar-refractivity contribution is -0.138. The van der Waals surface area contributed by atoms with Crippen LogP contribution >= 0.6 is 11.3 Å². The molecule has 0 atom stereocenters. The molecule has 0 radical (unpaired) electrons. The Morgan fingerprint density at radius 1 is 1.15 bits per heavy atom. The van der Waals surface area contributed by atoms with E-state index in [0.29, 0.717) is 5.56 Å². The predicted molar refractivity (Wildman–Crippen MR) is 98.7 cm³/mol. The molecule has 9 heteroatoms. The van der Waals surface area contributed by atoms with Gasteiger partial charge < -0.3 is 14.4 Å². The van der Waals surface area contributed by atoms with Crippen LogP contribution in [0, 0.1) is 0 Å². The molecule has 0 saturated carbocycles. The van der Waals surface area contributed by atoms with Crippen LogP contribution in [0.15, 0.2) is 5.38 Å². The Kier molecular flexibility index (Phi) is 7.78. The number of thiophene rings is 1. The van der Waals surface area contributed by atoms with Crippen molar-refractivity contribution in [1.29, 1.82) is 0 Å². The van der Waals surface area contributed by atoms with E-state index in [-0.39, 0.29) is 19.7 Å². The molecule has 2 rings (SSSR count). The van der Waals surface area contributed by atoms with Crippen LogP contribution in [0.2, 0.25) is 0 Å². The first-order valence-electron chi connectivity index (χ1n) is 8.97. The third kappa shape index (κ3) is 5.78. The highest BCUT2D eigenvalue weighted by atomic mass is 32.1. The molecule has 8 nitrogen and oxygen atoms in total. The van der Waals surface area contributed by atoms with Gasteiger partial charge in [0.1, 0.15) is 6.54 Å². The second-order valence-corrected chi connectivity index (χ2v) is 6.98. The van der Waals surface area contributed by atoms with E-state index < -0.39 is 30.5 Å². The average Bonchev–Trinajstić information content (AvgIpc) is 3.08. The maximum Gasteiger partial charge on any atom is 0.413 e. The van der Waals surface area contributed by atoms with Crippen LogP contribution in [0.5, 0.6) is 0 Å².